The highest BCUT2D eigenvalue weighted by Crippen LogP contribution is 2.26. The van der Waals surface area contributed by atoms with Crippen molar-refractivity contribution >= 4 is 23.9 Å². The second-order valence-electron chi connectivity index (χ2n) is 21.7. The number of carbonyl (C=O) groups is 4. The molecule has 6 unspecified atom stereocenters. The Morgan fingerprint density at radius 2 is 0.772 bits per heavy atom. The fourth-order valence-corrected chi connectivity index (χ4v) is 9.27. The molecular weight excluding hydrogens is 997 g/mol. The number of unbranched alkanes of at least 4 members (excludes halogenated alkanes) is 28. The molecule has 1 heterocycles. The summed E-state index contributed by atoms with van der Waals surface area (Å²) in [6.07, 6.45) is 57.2. The van der Waals surface area contributed by atoms with Crippen LogP contribution in [0.2, 0.25) is 0 Å². The van der Waals surface area contributed by atoms with Gasteiger partial charge in [-0.15, -0.1) is 0 Å². The van der Waals surface area contributed by atoms with Crippen molar-refractivity contribution in [3.8, 4) is 0 Å². The monoisotopic (exact) mass is 1110 g/mol. The van der Waals surface area contributed by atoms with Crippen molar-refractivity contribution in [2.75, 3.05) is 13.2 Å². The summed E-state index contributed by atoms with van der Waals surface area (Å²) in [5, 5.41) is 31.5. The van der Waals surface area contributed by atoms with E-state index < -0.39 is 67.3 Å². The van der Waals surface area contributed by atoms with E-state index in [1.54, 1.807) is 0 Å². The van der Waals surface area contributed by atoms with Crippen molar-refractivity contribution < 1.29 is 58.2 Å². The molecule has 1 aliphatic heterocycles. The van der Waals surface area contributed by atoms with Gasteiger partial charge >= 0.3 is 23.9 Å². The Balaban J connectivity index is 2.66. The lowest BCUT2D eigenvalue weighted by Crippen LogP contribution is -2.61. The molecule has 6 atom stereocenters. The zero-order chi connectivity index (χ0) is 57.5. The third kappa shape index (κ3) is 44.5. The number of ether oxygens (including phenoxy) is 5. The number of rotatable bonds is 54. The molecule has 0 spiro atoms. The fourth-order valence-electron chi connectivity index (χ4n) is 9.27. The number of esters is 3. The Morgan fingerprint density at radius 3 is 1.20 bits per heavy atom. The molecule has 0 saturated carbocycles. The van der Waals surface area contributed by atoms with E-state index in [1.165, 1.54) is 89.9 Å². The van der Waals surface area contributed by atoms with Crippen LogP contribution in [0.3, 0.4) is 0 Å². The normalized spacial score (nSPS) is 18.3. The molecule has 1 rings (SSSR count). The van der Waals surface area contributed by atoms with Crippen LogP contribution in [0.25, 0.3) is 0 Å². The molecule has 0 aromatic rings. The van der Waals surface area contributed by atoms with Crippen LogP contribution in [0.5, 0.6) is 0 Å². The Kier molecular flexibility index (Phi) is 50.7. The van der Waals surface area contributed by atoms with Crippen molar-refractivity contribution in [2.45, 2.75) is 314 Å². The van der Waals surface area contributed by atoms with Crippen molar-refractivity contribution in [1.82, 2.24) is 0 Å². The SMILES string of the molecule is CCCC/C=C\CCCCCCCC(=O)OC1C(OCC(COC(=O)CCCCCCCC/C=C\C/C=C\C/C=C\CCCCC)OC(=O)CCCCCCCCCCC/C=C\C/C=C\CCCCC)OC(C(=O)O)C(O)C1O. The summed E-state index contributed by atoms with van der Waals surface area (Å²) < 4.78 is 28.5. The first-order chi connectivity index (χ1) is 38.6. The summed E-state index contributed by atoms with van der Waals surface area (Å²) in [5.74, 6) is -3.14. The lowest BCUT2D eigenvalue weighted by molar-refractivity contribution is -0.301. The zero-order valence-electron chi connectivity index (χ0n) is 50.1. The number of carboxylic acids is 1. The number of aliphatic hydroxyl groups is 2. The van der Waals surface area contributed by atoms with Gasteiger partial charge in [0.15, 0.2) is 24.6 Å². The molecule has 12 nitrogen and oxygen atoms in total. The molecule has 0 bridgehead atoms. The van der Waals surface area contributed by atoms with Crippen molar-refractivity contribution in [1.29, 1.82) is 0 Å². The van der Waals surface area contributed by atoms with Crippen LogP contribution in [0, 0.1) is 0 Å². The molecule has 1 fully saturated rings. The third-order valence-electron chi connectivity index (χ3n) is 14.2. The van der Waals surface area contributed by atoms with Gasteiger partial charge in [-0.1, -0.05) is 222 Å². The maximum Gasteiger partial charge on any atom is 0.335 e. The molecule has 0 aromatic heterocycles. The van der Waals surface area contributed by atoms with E-state index in [1.807, 2.05) is 0 Å². The largest absolute Gasteiger partial charge is 0.479 e. The van der Waals surface area contributed by atoms with Crippen LogP contribution in [-0.2, 0) is 42.9 Å². The molecule has 0 aromatic carbocycles. The number of aliphatic hydroxyl groups excluding tert-OH is 2. The van der Waals surface area contributed by atoms with Gasteiger partial charge in [-0.05, 0) is 109 Å². The Labute approximate surface area is 480 Å². The summed E-state index contributed by atoms with van der Waals surface area (Å²) >= 11 is 0. The minimum absolute atomic E-state index is 0.0469. The first-order valence-corrected chi connectivity index (χ1v) is 31.9. The average Bonchev–Trinajstić information content (AvgIpc) is 3.44. The van der Waals surface area contributed by atoms with Crippen LogP contribution >= 0.6 is 0 Å². The molecule has 1 saturated heterocycles. The second-order valence-corrected chi connectivity index (χ2v) is 21.7. The highest BCUT2D eigenvalue weighted by Gasteiger charge is 2.50. The Hall–Kier alpha value is -3.84. The standard InChI is InChI=1S/C67H114O12/c1-4-7-10-13-16-19-22-24-26-28-30-32-34-36-39-41-44-47-50-53-59(68)75-56-58(77-60(69)54-51-48-45-43-40-37-35-33-31-29-27-25-23-20-17-14-11-8-5-2)57-76-67-65(63(72)62(71)64(79-67)66(73)74)78-61(70)55-52-49-46-42-38-21-18-15-12-9-6-3/h15-20,24-27,30,32,58,62-65,67,71-72H,4-14,21-23,28-29,31,33-57H2,1-3H3,(H,73,74)/b18-15-,19-16-,20-17-,26-24-,27-25-,32-30-. The molecule has 0 amide bonds. The number of carboxylic acid groups (broad SMARTS) is 1. The maximum absolute atomic E-state index is 13.2. The van der Waals surface area contributed by atoms with Crippen LogP contribution in [-0.4, -0.2) is 89.2 Å². The molecule has 454 valence electrons. The van der Waals surface area contributed by atoms with Gasteiger partial charge in [-0.2, -0.15) is 0 Å². The number of carbonyl (C=O) groups excluding carboxylic acids is 3. The van der Waals surface area contributed by atoms with Crippen LogP contribution in [0.1, 0.15) is 278 Å². The van der Waals surface area contributed by atoms with E-state index in [-0.39, 0.29) is 25.9 Å². The van der Waals surface area contributed by atoms with Crippen molar-refractivity contribution in [2.24, 2.45) is 0 Å². The quantitative estimate of drug-likeness (QED) is 0.0228. The zero-order valence-corrected chi connectivity index (χ0v) is 50.1. The van der Waals surface area contributed by atoms with E-state index in [0.717, 1.165) is 128 Å². The molecule has 0 aliphatic carbocycles. The summed E-state index contributed by atoms with van der Waals surface area (Å²) in [6.45, 7) is 5.90. The van der Waals surface area contributed by atoms with Gasteiger partial charge < -0.3 is 39.0 Å². The molecule has 12 heteroatoms. The van der Waals surface area contributed by atoms with E-state index in [4.69, 9.17) is 23.7 Å². The predicted octanol–water partition coefficient (Wildman–Crippen LogP) is 16.9. The lowest BCUT2D eigenvalue weighted by Gasteiger charge is -2.40. The number of allylic oxidation sites excluding steroid dienone is 12. The van der Waals surface area contributed by atoms with Crippen molar-refractivity contribution in [3.63, 3.8) is 0 Å². The van der Waals surface area contributed by atoms with Gasteiger partial charge in [-0.25, -0.2) is 4.79 Å². The minimum Gasteiger partial charge on any atom is -0.479 e. The molecule has 79 heavy (non-hydrogen) atoms. The molecular formula is C67H114O12. The summed E-state index contributed by atoms with van der Waals surface area (Å²) in [4.78, 5) is 51.2. The lowest BCUT2D eigenvalue weighted by atomic mass is 9.98. The number of aliphatic carboxylic acids is 1. The van der Waals surface area contributed by atoms with Gasteiger partial charge in [0.1, 0.15) is 18.8 Å². The smallest absolute Gasteiger partial charge is 0.335 e. The van der Waals surface area contributed by atoms with Crippen LogP contribution < -0.4 is 0 Å². The van der Waals surface area contributed by atoms with E-state index in [0.29, 0.717) is 19.3 Å². The minimum atomic E-state index is -1.91. The van der Waals surface area contributed by atoms with Gasteiger partial charge in [0, 0.05) is 19.3 Å². The third-order valence-corrected chi connectivity index (χ3v) is 14.2. The Bertz CT molecular complexity index is 1650. The molecule has 1 aliphatic rings. The van der Waals surface area contributed by atoms with Gasteiger partial charge in [-0.3, -0.25) is 14.4 Å². The van der Waals surface area contributed by atoms with Gasteiger partial charge in [0.2, 0.25) is 0 Å². The van der Waals surface area contributed by atoms with Gasteiger partial charge in [0.05, 0.1) is 6.61 Å². The van der Waals surface area contributed by atoms with Gasteiger partial charge in [0.25, 0.3) is 0 Å². The summed E-state index contributed by atoms with van der Waals surface area (Å²) in [6, 6.07) is 0. The fraction of sp³-hybridized carbons (Fsp3) is 0.761. The predicted molar refractivity (Wildman–Crippen MR) is 322 cm³/mol. The first kappa shape index (κ1) is 73.2. The van der Waals surface area contributed by atoms with E-state index in [2.05, 4.69) is 93.7 Å². The highest BCUT2D eigenvalue weighted by molar-refractivity contribution is 5.74. The summed E-state index contributed by atoms with van der Waals surface area (Å²) in [5.41, 5.74) is 0. The highest BCUT2D eigenvalue weighted by atomic mass is 16.7. The number of hydrogen-bond donors (Lipinski definition) is 3. The summed E-state index contributed by atoms with van der Waals surface area (Å²) in [7, 11) is 0. The van der Waals surface area contributed by atoms with E-state index in [9.17, 15) is 34.5 Å². The van der Waals surface area contributed by atoms with Crippen molar-refractivity contribution in [3.05, 3.63) is 72.9 Å². The van der Waals surface area contributed by atoms with E-state index >= 15 is 0 Å². The van der Waals surface area contributed by atoms with Crippen LogP contribution in [0.4, 0.5) is 0 Å². The number of hydrogen-bond acceptors (Lipinski definition) is 11. The average molecular weight is 1110 g/mol. The molecule has 3 N–H and O–H groups in total. The maximum atomic E-state index is 13.2. The topological polar surface area (TPSA) is 175 Å². The molecule has 0 radical (unpaired) electrons. The second kappa shape index (κ2) is 54.7. The van der Waals surface area contributed by atoms with Crippen LogP contribution in [0.15, 0.2) is 72.9 Å². The first-order valence-electron chi connectivity index (χ1n) is 31.9. The Morgan fingerprint density at radius 1 is 0.418 bits per heavy atom.